The number of aromatic nitrogens is 4. The van der Waals surface area contributed by atoms with Crippen LogP contribution in [0.5, 0.6) is 0 Å². The molecule has 0 saturated carbocycles. The van der Waals surface area contributed by atoms with Gasteiger partial charge in [-0.2, -0.15) is 4.80 Å². The van der Waals surface area contributed by atoms with Crippen molar-refractivity contribution in [3.63, 3.8) is 0 Å². The van der Waals surface area contributed by atoms with E-state index >= 15 is 0 Å². The summed E-state index contributed by atoms with van der Waals surface area (Å²) in [7, 11) is 0. The summed E-state index contributed by atoms with van der Waals surface area (Å²) in [6.07, 6.45) is 0. The molecule has 0 unspecified atom stereocenters. The van der Waals surface area contributed by atoms with Gasteiger partial charge in [-0.05, 0) is 26.0 Å². The Labute approximate surface area is 134 Å². The summed E-state index contributed by atoms with van der Waals surface area (Å²) in [5.74, 6) is -0.126. The molecule has 2 amide bonds. The van der Waals surface area contributed by atoms with Crippen LogP contribution < -0.4 is 10.6 Å². The van der Waals surface area contributed by atoms with E-state index < -0.39 is 6.04 Å². The zero-order valence-electron chi connectivity index (χ0n) is 13.4. The van der Waals surface area contributed by atoms with E-state index in [2.05, 4.69) is 26.0 Å². The molecule has 0 radical (unpaired) electrons. The van der Waals surface area contributed by atoms with Crippen LogP contribution in [0, 0.1) is 6.92 Å². The highest BCUT2D eigenvalue weighted by Crippen LogP contribution is 2.13. The molecule has 0 saturated heterocycles. The average molecular weight is 316 g/mol. The molecule has 0 spiro atoms. The third kappa shape index (κ3) is 4.60. The van der Waals surface area contributed by atoms with Gasteiger partial charge in [0, 0.05) is 12.1 Å². The van der Waals surface area contributed by atoms with Crippen molar-refractivity contribution in [2.24, 2.45) is 0 Å². The van der Waals surface area contributed by atoms with Crippen LogP contribution in [0.1, 0.15) is 19.4 Å². The third-order valence-corrected chi connectivity index (χ3v) is 3.17. The highest BCUT2D eigenvalue weighted by atomic mass is 16.2. The number of benzene rings is 1. The molecule has 2 N–H and O–H groups in total. The molecule has 1 aromatic carbocycles. The molecule has 0 fully saturated rings. The van der Waals surface area contributed by atoms with E-state index in [9.17, 15) is 9.59 Å². The van der Waals surface area contributed by atoms with Gasteiger partial charge in [0.25, 0.3) is 0 Å². The molecular formula is C15H20N6O2. The van der Waals surface area contributed by atoms with E-state index in [0.29, 0.717) is 12.4 Å². The van der Waals surface area contributed by atoms with E-state index in [-0.39, 0.29) is 18.4 Å². The molecule has 23 heavy (non-hydrogen) atoms. The summed E-state index contributed by atoms with van der Waals surface area (Å²) < 4.78 is 0. The van der Waals surface area contributed by atoms with Crippen molar-refractivity contribution in [3.05, 3.63) is 29.8 Å². The minimum atomic E-state index is -0.609. The highest BCUT2D eigenvalue weighted by Gasteiger charge is 2.16. The molecule has 0 aliphatic rings. The summed E-state index contributed by atoms with van der Waals surface area (Å²) in [5, 5.41) is 17.2. The number of tetrazole rings is 1. The molecule has 1 heterocycles. The van der Waals surface area contributed by atoms with Gasteiger partial charge in [0.15, 0.2) is 0 Å². The minimum Gasteiger partial charge on any atom is -0.355 e. The van der Waals surface area contributed by atoms with Crippen LogP contribution in [0.3, 0.4) is 0 Å². The van der Waals surface area contributed by atoms with Crippen molar-refractivity contribution in [2.45, 2.75) is 33.4 Å². The van der Waals surface area contributed by atoms with Crippen molar-refractivity contribution >= 4 is 11.8 Å². The molecule has 122 valence electrons. The summed E-state index contributed by atoms with van der Waals surface area (Å²) >= 11 is 0. The predicted molar refractivity (Wildman–Crippen MR) is 84.3 cm³/mol. The van der Waals surface area contributed by atoms with Gasteiger partial charge < -0.3 is 10.6 Å². The number of carbonyl (C=O) groups excluding carboxylic acids is 2. The number of hydrogen-bond donors (Lipinski definition) is 2. The van der Waals surface area contributed by atoms with Gasteiger partial charge in [0.05, 0.1) is 0 Å². The number of nitrogens with zero attached hydrogens (tertiary/aromatic N) is 4. The average Bonchev–Trinajstić information content (AvgIpc) is 2.96. The van der Waals surface area contributed by atoms with Gasteiger partial charge in [0.1, 0.15) is 12.6 Å². The van der Waals surface area contributed by atoms with E-state index in [1.54, 1.807) is 6.92 Å². The van der Waals surface area contributed by atoms with Crippen molar-refractivity contribution < 1.29 is 9.59 Å². The quantitative estimate of drug-likeness (QED) is 0.797. The number of aryl methyl sites for hydroxylation is 1. The second-order valence-electron chi connectivity index (χ2n) is 5.19. The Morgan fingerprint density at radius 3 is 2.61 bits per heavy atom. The number of hydrogen-bond acceptors (Lipinski definition) is 5. The molecule has 1 aromatic heterocycles. The number of carbonyl (C=O) groups is 2. The Bertz CT molecular complexity index is 680. The molecule has 2 rings (SSSR count). The van der Waals surface area contributed by atoms with Gasteiger partial charge in [-0.25, -0.2) is 0 Å². The number of rotatable bonds is 6. The predicted octanol–water partition coefficient (Wildman–Crippen LogP) is 0.289. The summed E-state index contributed by atoms with van der Waals surface area (Å²) in [5.41, 5.74) is 1.97. The maximum atomic E-state index is 11.9. The number of likely N-dealkylation sites (N-methyl/N-ethyl adjacent to an activating group) is 1. The van der Waals surface area contributed by atoms with E-state index in [4.69, 9.17) is 0 Å². The van der Waals surface area contributed by atoms with Crippen LogP contribution in [0.4, 0.5) is 0 Å². The standard InChI is InChI=1S/C15H20N6O2/c1-4-16-15(23)11(3)17-13(22)9-21-19-14(18-20-21)12-7-5-10(2)6-8-12/h5-8,11H,4,9H2,1-3H3,(H,16,23)(H,17,22)/t11-/m0/s1. The fraction of sp³-hybridized carbons (Fsp3) is 0.400. The SMILES string of the molecule is CCNC(=O)[C@H](C)NC(=O)Cn1nnc(-c2ccc(C)cc2)n1. The van der Waals surface area contributed by atoms with Crippen molar-refractivity contribution in [1.82, 2.24) is 30.8 Å². The zero-order valence-corrected chi connectivity index (χ0v) is 13.4. The molecule has 0 aliphatic carbocycles. The van der Waals surface area contributed by atoms with E-state index in [1.807, 2.05) is 38.1 Å². The van der Waals surface area contributed by atoms with E-state index in [0.717, 1.165) is 11.1 Å². The first-order valence-electron chi connectivity index (χ1n) is 7.41. The first-order chi connectivity index (χ1) is 11.0. The normalized spacial score (nSPS) is 11.8. The fourth-order valence-electron chi connectivity index (χ4n) is 1.94. The lowest BCUT2D eigenvalue weighted by molar-refractivity contribution is -0.129. The monoisotopic (exact) mass is 316 g/mol. The van der Waals surface area contributed by atoms with Crippen molar-refractivity contribution in [1.29, 1.82) is 0 Å². The van der Waals surface area contributed by atoms with Gasteiger partial charge in [-0.15, -0.1) is 10.2 Å². The minimum absolute atomic E-state index is 0.0946. The second kappa shape index (κ2) is 7.48. The Morgan fingerprint density at radius 2 is 1.96 bits per heavy atom. The Kier molecular flexibility index (Phi) is 5.40. The zero-order chi connectivity index (χ0) is 16.8. The van der Waals surface area contributed by atoms with Crippen LogP contribution in [-0.2, 0) is 16.1 Å². The lowest BCUT2D eigenvalue weighted by atomic mass is 10.1. The van der Waals surface area contributed by atoms with Crippen molar-refractivity contribution in [2.75, 3.05) is 6.54 Å². The summed E-state index contributed by atoms with van der Waals surface area (Å²) in [6.45, 7) is 5.86. The van der Waals surface area contributed by atoms with Gasteiger partial charge >= 0.3 is 0 Å². The van der Waals surface area contributed by atoms with Crippen LogP contribution in [0.25, 0.3) is 11.4 Å². The topological polar surface area (TPSA) is 102 Å². The highest BCUT2D eigenvalue weighted by molar-refractivity contribution is 5.87. The fourth-order valence-corrected chi connectivity index (χ4v) is 1.94. The van der Waals surface area contributed by atoms with E-state index in [1.165, 1.54) is 4.80 Å². The van der Waals surface area contributed by atoms with Crippen LogP contribution >= 0.6 is 0 Å². The molecule has 8 heteroatoms. The maximum absolute atomic E-state index is 11.9. The van der Waals surface area contributed by atoms with Gasteiger partial charge in [-0.1, -0.05) is 29.8 Å². The first-order valence-corrected chi connectivity index (χ1v) is 7.41. The van der Waals surface area contributed by atoms with Crippen LogP contribution in [0.15, 0.2) is 24.3 Å². The lowest BCUT2D eigenvalue weighted by Gasteiger charge is -2.12. The molecular weight excluding hydrogens is 296 g/mol. The summed E-state index contributed by atoms with van der Waals surface area (Å²) in [4.78, 5) is 24.7. The van der Waals surface area contributed by atoms with Gasteiger partial charge in [0.2, 0.25) is 17.6 Å². The maximum Gasteiger partial charge on any atom is 0.244 e. The Morgan fingerprint density at radius 1 is 1.26 bits per heavy atom. The lowest BCUT2D eigenvalue weighted by Crippen LogP contribution is -2.45. The number of nitrogens with one attached hydrogen (secondary N) is 2. The van der Waals surface area contributed by atoms with Crippen molar-refractivity contribution in [3.8, 4) is 11.4 Å². The molecule has 0 bridgehead atoms. The van der Waals surface area contributed by atoms with Crippen LogP contribution in [-0.4, -0.2) is 44.6 Å². The Balaban J connectivity index is 1.95. The van der Waals surface area contributed by atoms with Crippen LogP contribution in [0.2, 0.25) is 0 Å². The summed E-state index contributed by atoms with van der Waals surface area (Å²) in [6, 6.07) is 7.09. The van der Waals surface area contributed by atoms with Gasteiger partial charge in [-0.3, -0.25) is 9.59 Å². The molecule has 8 nitrogen and oxygen atoms in total. The number of amides is 2. The smallest absolute Gasteiger partial charge is 0.244 e. The molecule has 1 atom stereocenters. The Hall–Kier alpha value is -2.77. The second-order valence-corrected chi connectivity index (χ2v) is 5.19. The molecule has 2 aromatic rings. The molecule has 0 aliphatic heterocycles. The third-order valence-electron chi connectivity index (χ3n) is 3.17. The first kappa shape index (κ1) is 16.6. The largest absolute Gasteiger partial charge is 0.355 e.